The summed E-state index contributed by atoms with van der Waals surface area (Å²) in [5.41, 5.74) is 2.66. The number of rotatable bonds is 2. The second-order valence-corrected chi connectivity index (χ2v) is 4.94. The number of halogens is 3. The van der Waals surface area contributed by atoms with E-state index >= 15 is 0 Å². The first kappa shape index (κ1) is 15.7. The molecule has 0 aromatic heterocycles. The highest BCUT2D eigenvalue weighted by molar-refractivity contribution is 5.85. The molecule has 0 fully saturated rings. The van der Waals surface area contributed by atoms with Crippen LogP contribution in [0.2, 0.25) is 0 Å². The van der Waals surface area contributed by atoms with Gasteiger partial charge in [0, 0.05) is 37.4 Å². The third-order valence-electron chi connectivity index (χ3n) is 3.60. The monoisotopic (exact) mass is 310 g/mol. The molecule has 112 valence electrons. The molecule has 0 saturated carbocycles. The molecule has 0 unspecified atom stereocenters. The lowest BCUT2D eigenvalue weighted by molar-refractivity contribution is 0.497. The van der Waals surface area contributed by atoms with E-state index in [2.05, 4.69) is 16.3 Å². The molecule has 0 bridgehead atoms. The standard InChI is InChI=1S/C16H16F2N2.ClH/c17-14-6-3-5-13(16(14)18)11-20-9-8-19-10-12-4-1-2-7-15(12)20;/h1-7,19H,8-11H2;1H. The maximum atomic E-state index is 13.8. The first-order valence-electron chi connectivity index (χ1n) is 6.72. The zero-order valence-corrected chi connectivity index (χ0v) is 12.3. The second kappa shape index (κ2) is 6.87. The van der Waals surface area contributed by atoms with Crippen LogP contribution in [0.4, 0.5) is 14.5 Å². The number of hydrogen-bond donors (Lipinski definition) is 1. The Labute approximate surface area is 129 Å². The Morgan fingerprint density at radius 2 is 1.86 bits per heavy atom. The molecule has 0 aliphatic carbocycles. The van der Waals surface area contributed by atoms with Crippen LogP contribution in [-0.4, -0.2) is 13.1 Å². The lowest BCUT2D eigenvalue weighted by atomic mass is 10.1. The summed E-state index contributed by atoms with van der Waals surface area (Å²) in [6.45, 7) is 2.78. The number of nitrogens with zero attached hydrogens (tertiary/aromatic N) is 1. The Hall–Kier alpha value is -1.65. The van der Waals surface area contributed by atoms with E-state index in [-0.39, 0.29) is 12.4 Å². The average molecular weight is 311 g/mol. The fraction of sp³-hybridized carbons (Fsp3) is 0.250. The first-order chi connectivity index (χ1) is 9.75. The Morgan fingerprint density at radius 1 is 1.05 bits per heavy atom. The summed E-state index contributed by atoms with van der Waals surface area (Å²) in [6.07, 6.45) is 0. The van der Waals surface area contributed by atoms with E-state index in [1.54, 1.807) is 12.1 Å². The summed E-state index contributed by atoms with van der Waals surface area (Å²) in [6, 6.07) is 12.4. The molecule has 2 aromatic rings. The lowest BCUT2D eigenvalue weighted by Crippen LogP contribution is -2.28. The van der Waals surface area contributed by atoms with Gasteiger partial charge in [0.2, 0.25) is 0 Å². The highest BCUT2D eigenvalue weighted by Gasteiger charge is 2.17. The molecule has 1 N–H and O–H groups in total. The van der Waals surface area contributed by atoms with Crippen molar-refractivity contribution in [2.24, 2.45) is 0 Å². The van der Waals surface area contributed by atoms with Crippen LogP contribution in [0, 0.1) is 11.6 Å². The average Bonchev–Trinajstić information content (AvgIpc) is 2.67. The van der Waals surface area contributed by atoms with Crippen molar-refractivity contribution in [3.8, 4) is 0 Å². The predicted molar refractivity (Wildman–Crippen MR) is 82.8 cm³/mol. The summed E-state index contributed by atoms with van der Waals surface area (Å²) in [4.78, 5) is 2.09. The maximum Gasteiger partial charge on any atom is 0.163 e. The molecule has 0 saturated heterocycles. The van der Waals surface area contributed by atoms with Crippen LogP contribution in [0.3, 0.4) is 0 Å². The van der Waals surface area contributed by atoms with E-state index in [9.17, 15) is 8.78 Å². The Kier molecular flexibility index (Phi) is 5.15. The van der Waals surface area contributed by atoms with Gasteiger partial charge in [-0.25, -0.2) is 8.78 Å². The van der Waals surface area contributed by atoms with Crippen molar-refractivity contribution >= 4 is 18.1 Å². The Morgan fingerprint density at radius 3 is 2.71 bits per heavy atom. The van der Waals surface area contributed by atoms with Crippen LogP contribution < -0.4 is 10.2 Å². The molecule has 0 atom stereocenters. The summed E-state index contributed by atoms with van der Waals surface area (Å²) in [5.74, 6) is -1.54. The minimum absolute atomic E-state index is 0. The molecule has 21 heavy (non-hydrogen) atoms. The molecular formula is C16H17ClF2N2. The Bertz CT molecular complexity index is 619. The molecular weight excluding hydrogens is 294 g/mol. The van der Waals surface area contributed by atoms with E-state index in [4.69, 9.17) is 0 Å². The SMILES string of the molecule is Cl.Fc1cccc(CN2CCNCc3ccccc32)c1F. The van der Waals surface area contributed by atoms with Gasteiger partial charge in [-0.2, -0.15) is 0 Å². The van der Waals surface area contributed by atoms with Gasteiger partial charge in [0.15, 0.2) is 11.6 Å². The van der Waals surface area contributed by atoms with Crippen LogP contribution in [0.1, 0.15) is 11.1 Å². The highest BCUT2D eigenvalue weighted by Crippen LogP contribution is 2.24. The zero-order chi connectivity index (χ0) is 13.9. The van der Waals surface area contributed by atoms with E-state index in [1.807, 2.05) is 18.2 Å². The summed E-state index contributed by atoms with van der Waals surface area (Å²) in [7, 11) is 0. The van der Waals surface area contributed by atoms with Gasteiger partial charge >= 0.3 is 0 Å². The van der Waals surface area contributed by atoms with E-state index in [0.29, 0.717) is 12.1 Å². The number of benzene rings is 2. The molecule has 2 aromatic carbocycles. The molecule has 0 radical (unpaired) electrons. The number of nitrogens with one attached hydrogen (secondary N) is 1. The molecule has 3 rings (SSSR count). The quantitative estimate of drug-likeness (QED) is 0.913. The number of anilines is 1. The molecule has 1 aliphatic rings. The lowest BCUT2D eigenvalue weighted by Gasteiger charge is -2.25. The number of hydrogen-bond acceptors (Lipinski definition) is 2. The van der Waals surface area contributed by atoms with Gasteiger partial charge in [-0.05, 0) is 17.7 Å². The third kappa shape index (κ3) is 3.34. The third-order valence-corrected chi connectivity index (χ3v) is 3.60. The largest absolute Gasteiger partial charge is 0.366 e. The minimum atomic E-state index is -0.788. The predicted octanol–water partition coefficient (Wildman–Crippen LogP) is 3.50. The van der Waals surface area contributed by atoms with Gasteiger partial charge in [0.25, 0.3) is 0 Å². The zero-order valence-electron chi connectivity index (χ0n) is 11.5. The molecule has 0 spiro atoms. The molecule has 2 nitrogen and oxygen atoms in total. The van der Waals surface area contributed by atoms with E-state index < -0.39 is 11.6 Å². The van der Waals surface area contributed by atoms with Gasteiger partial charge in [-0.15, -0.1) is 12.4 Å². The van der Waals surface area contributed by atoms with E-state index in [0.717, 1.165) is 31.4 Å². The normalized spacial score (nSPS) is 14.1. The molecule has 5 heteroatoms. The van der Waals surface area contributed by atoms with Crippen molar-refractivity contribution in [3.05, 3.63) is 65.2 Å². The van der Waals surface area contributed by atoms with Crippen LogP contribution in [0.15, 0.2) is 42.5 Å². The number of fused-ring (bicyclic) bond motifs is 1. The maximum absolute atomic E-state index is 13.8. The highest BCUT2D eigenvalue weighted by atomic mass is 35.5. The van der Waals surface area contributed by atoms with Gasteiger partial charge in [0.05, 0.1) is 0 Å². The second-order valence-electron chi connectivity index (χ2n) is 4.94. The summed E-state index contributed by atoms with van der Waals surface area (Å²) >= 11 is 0. The van der Waals surface area contributed by atoms with Crippen molar-refractivity contribution in [2.45, 2.75) is 13.1 Å². The van der Waals surface area contributed by atoms with Gasteiger partial charge in [-0.1, -0.05) is 30.3 Å². The number of para-hydroxylation sites is 1. The van der Waals surface area contributed by atoms with Crippen LogP contribution in [-0.2, 0) is 13.1 Å². The molecule has 1 aliphatic heterocycles. The fourth-order valence-electron chi connectivity index (χ4n) is 2.57. The van der Waals surface area contributed by atoms with Crippen LogP contribution >= 0.6 is 12.4 Å². The summed E-state index contributed by atoms with van der Waals surface area (Å²) in [5, 5.41) is 3.34. The van der Waals surface area contributed by atoms with E-state index in [1.165, 1.54) is 5.56 Å². The summed E-state index contributed by atoms with van der Waals surface area (Å²) < 4.78 is 27.1. The minimum Gasteiger partial charge on any atom is -0.366 e. The van der Waals surface area contributed by atoms with Crippen molar-refractivity contribution < 1.29 is 8.78 Å². The van der Waals surface area contributed by atoms with Crippen molar-refractivity contribution in [1.82, 2.24) is 5.32 Å². The van der Waals surface area contributed by atoms with Gasteiger partial charge < -0.3 is 10.2 Å². The topological polar surface area (TPSA) is 15.3 Å². The van der Waals surface area contributed by atoms with Gasteiger partial charge in [-0.3, -0.25) is 0 Å². The van der Waals surface area contributed by atoms with Gasteiger partial charge in [0.1, 0.15) is 0 Å². The van der Waals surface area contributed by atoms with Crippen molar-refractivity contribution in [1.29, 1.82) is 0 Å². The first-order valence-corrected chi connectivity index (χ1v) is 6.72. The van der Waals surface area contributed by atoms with Crippen LogP contribution in [0.5, 0.6) is 0 Å². The Balaban J connectivity index is 0.00000161. The van der Waals surface area contributed by atoms with Crippen molar-refractivity contribution in [2.75, 3.05) is 18.0 Å². The fourth-order valence-corrected chi connectivity index (χ4v) is 2.57. The smallest absolute Gasteiger partial charge is 0.163 e. The van der Waals surface area contributed by atoms with Crippen LogP contribution in [0.25, 0.3) is 0 Å². The van der Waals surface area contributed by atoms with Crippen molar-refractivity contribution in [3.63, 3.8) is 0 Å². The molecule has 0 amide bonds. The molecule has 1 heterocycles.